The summed E-state index contributed by atoms with van der Waals surface area (Å²) in [6, 6.07) is 6.08. The Morgan fingerprint density at radius 3 is 2.77 bits per heavy atom. The molecule has 0 radical (unpaired) electrons. The number of hydrogen-bond acceptors (Lipinski definition) is 6. The lowest BCUT2D eigenvalue weighted by Gasteiger charge is -2.34. The molecule has 0 bridgehead atoms. The zero-order chi connectivity index (χ0) is 17.5. The second kappa shape index (κ2) is 6.06. The van der Waals surface area contributed by atoms with Crippen molar-refractivity contribution in [3.8, 4) is 0 Å². The van der Waals surface area contributed by atoms with Gasteiger partial charge in [0.15, 0.2) is 5.82 Å². The van der Waals surface area contributed by atoms with Crippen LogP contribution >= 0.6 is 0 Å². The average molecular weight is 348 g/mol. The number of hydrogen-bond donors (Lipinski definition) is 0. The first kappa shape index (κ1) is 15.3. The van der Waals surface area contributed by atoms with Crippen LogP contribution in [-0.2, 0) is 6.54 Å². The van der Waals surface area contributed by atoms with E-state index in [1.807, 2.05) is 48.1 Å². The van der Waals surface area contributed by atoms with Crippen molar-refractivity contribution in [2.24, 2.45) is 0 Å². The van der Waals surface area contributed by atoms with Crippen LogP contribution in [0.15, 0.2) is 43.0 Å². The molecule has 26 heavy (non-hydrogen) atoms. The van der Waals surface area contributed by atoms with Gasteiger partial charge in [0.2, 0.25) is 5.65 Å². The van der Waals surface area contributed by atoms with Crippen LogP contribution in [0.4, 0.5) is 5.82 Å². The first-order chi connectivity index (χ1) is 12.8. The highest BCUT2D eigenvalue weighted by Gasteiger charge is 2.21. The summed E-state index contributed by atoms with van der Waals surface area (Å²) in [6.07, 6.45) is 7.88. The number of anilines is 1. The fourth-order valence-corrected chi connectivity index (χ4v) is 3.56. The Balaban J connectivity index is 1.29. The zero-order valence-corrected chi connectivity index (χ0v) is 14.7. The van der Waals surface area contributed by atoms with Crippen molar-refractivity contribution in [1.82, 2.24) is 33.9 Å². The number of nitrogens with zero attached hydrogens (tertiary/aromatic N) is 8. The maximum Gasteiger partial charge on any atom is 0.203 e. The van der Waals surface area contributed by atoms with E-state index in [1.54, 1.807) is 0 Å². The molecule has 4 aromatic rings. The summed E-state index contributed by atoms with van der Waals surface area (Å²) in [4.78, 5) is 14.0. The lowest BCUT2D eigenvalue weighted by molar-refractivity contribution is 0.247. The second-order valence-electron chi connectivity index (χ2n) is 6.65. The lowest BCUT2D eigenvalue weighted by atomic mass is 10.3. The molecule has 5 heterocycles. The summed E-state index contributed by atoms with van der Waals surface area (Å²) in [5.74, 6) is 1.80. The van der Waals surface area contributed by atoms with E-state index in [0.29, 0.717) is 0 Å². The summed E-state index contributed by atoms with van der Waals surface area (Å²) in [5, 5.41) is 8.45. The Hall–Kier alpha value is -3.00. The molecule has 0 unspecified atom stereocenters. The van der Waals surface area contributed by atoms with Gasteiger partial charge in [-0.15, -0.1) is 10.2 Å². The van der Waals surface area contributed by atoms with Gasteiger partial charge in [0.1, 0.15) is 11.5 Å². The molecular formula is C18H20N8. The molecule has 5 rings (SSSR count). The summed E-state index contributed by atoms with van der Waals surface area (Å²) >= 11 is 0. The van der Waals surface area contributed by atoms with Crippen LogP contribution in [0, 0.1) is 6.92 Å². The molecule has 1 fully saturated rings. The molecule has 1 aliphatic rings. The molecule has 0 saturated carbocycles. The van der Waals surface area contributed by atoms with Crippen LogP contribution < -0.4 is 4.90 Å². The van der Waals surface area contributed by atoms with Gasteiger partial charge in [0.05, 0.1) is 5.69 Å². The largest absolute Gasteiger partial charge is 0.351 e. The number of piperazine rings is 1. The van der Waals surface area contributed by atoms with E-state index in [-0.39, 0.29) is 0 Å². The van der Waals surface area contributed by atoms with Crippen molar-refractivity contribution in [2.45, 2.75) is 13.5 Å². The van der Waals surface area contributed by atoms with E-state index in [0.717, 1.165) is 61.4 Å². The number of imidazole rings is 1. The van der Waals surface area contributed by atoms with Crippen LogP contribution in [0.1, 0.15) is 11.5 Å². The smallest absolute Gasteiger partial charge is 0.203 e. The van der Waals surface area contributed by atoms with E-state index in [2.05, 4.69) is 35.6 Å². The van der Waals surface area contributed by atoms with Crippen molar-refractivity contribution in [2.75, 3.05) is 31.1 Å². The molecule has 1 saturated heterocycles. The second-order valence-corrected chi connectivity index (χ2v) is 6.65. The highest BCUT2D eigenvalue weighted by Crippen LogP contribution is 2.19. The van der Waals surface area contributed by atoms with Gasteiger partial charge in [0, 0.05) is 57.5 Å². The predicted molar refractivity (Wildman–Crippen MR) is 98.2 cm³/mol. The van der Waals surface area contributed by atoms with E-state index in [4.69, 9.17) is 4.98 Å². The zero-order valence-electron chi connectivity index (χ0n) is 14.7. The average Bonchev–Trinajstić information content (AvgIpc) is 3.25. The Labute approximate surface area is 150 Å². The van der Waals surface area contributed by atoms with Gasteiger partial charge in [-0.25, -0.2) is 9.97 Å². The molecular weight excluding hydrogens is 328 g/mol. The molecule has 8 nitrogen and oxygen atoms in total. The minimum absolute atomic E-state index is 0.832. The molecule has 8 heteroatoms. The first-order valence-electron chi connectivity index (χ1n) is 8.84. The third kappa shape index (κ3) is 2.59. The van der Waals surface area contributed by atoms with Gasteiger partial charge < -0.3 is 9.30 Å². The van der Waals surface area contributed by atoms with Crippen molar-refractivity contribution in [3.63, 3.8) is 0 Å². The molecule has 4 aromatic heterocycles. The topological polar surface area (TPSA) is 66.9 Å². The van der Waals surface area contributed by atoms with Gasteiger partial charge in [-0.05, 0) is 19.1 Å². The van der Waals surface area contributed by atoms with Gasteiger partial charge in [0.25, 0.3) is 0 Å². The minimum atomic E-state index is 0.832. The lowest BCUT2D eigenvalue weighted by Crippen LogP contribution is -2.46. The first-order valence-corrected chi connectivity index (χ1v) is 8.84. The molecule has 0 aromatic carbocycles. The van der Waals surface area contributed by atoms with Crippen LogP contribution in [0.3, 0.4) is 0 Å². The summed E-state index contributed by atoms with van der Waals surface area (Å²) < 4.78 is 4.06. The Kier molecular flexibility index (Phi) is 3.56. The summed E-state index contributed by atoms with van der Waals surface area (Å²) in [6.45, 7) is 6.62. The van der Waals surface area contributed by atoms with Crippen molar-refractivity contribution < 1.29 is 0 Å². The molecule has 1 aliphatic heterocycles. The Morgan fingerprint density at radius 2 is 1.92 bits per heavy atom. The van der Waals surface area contributed by atoms with Gasteiger partial charge >= 0.3 is 0 Å². The molecule has 0 atom stereocenters. The highest BCUT2D eigenvalue weighted by molar-refractivity contribution is 5.63. The van der Waals surface area contributed by atoms with E-state index < -0.39 is 0 Å². The van der Waals surface area contributed by atoms with E-state index in [9.17, 15) is 0 Å². The standard InChI is InChI=1S/C18H20N8/c1-14-21-22-18-17(19-5-7-26(14)18)24-10-8-23(9-11-24)12-15-13-25-6-3-2-4-16(25)20-15/h2-7,13H,8-12H2,1H3. The predicted octanol–water partition coefficient (Wildman–Crippen LogP) is 1.40. The summed E-state index contributed by atoms with van der Waals surface area (Å²) in [5.41, 5.74) is 2.94. The fourth-order valence-electron chi connectivity index (χ4n) is 3.56. The van der Waals surface area contributed by atoms with Crippen molar-refractivity contribution >= 4 is 17.1 Å². The quantitative estimate of drug-likeness (QED) is 0.558. The monoisotopic (exact) mass is 348 g/mol. The molecule has 0 N–H and O–H groups in total. The number of rotatable bonds is 3. The SMILES string of the molecule is Cc1nnc2c(N3CCN(Cc4cn5ccccc5n4)CC3)nccn12. The number of aromatic nitrogens is 6. The van der Waals surface area contributed by atoms with Gasteiger partial charge in [-0.1, -0.05) is 6.07 Å². The maximum absolute atomic E-state index is 4.70. The third-order valence-electron chi connectivity index (χ3n) is 4.95. The van der Waals surface area contributed by atoms with Crippen LogP contribution in [-0.4, -0.2) is 60.0 Å². The number of pyridine rings is 1. The van der Waals surface area contributed by atoms with Crippen molar-refractivity contribution in [1.29, 1.82) is 0 Å². The highest BCUT2D eigenvalue weighted by atomic mass is 15.3. The van der Waals surface area contributed by atoms with Gasteiger partial charge in [-0.3, -0.25) is 9.30 Å². The van der Waals surface area contributed by atoms with Crippen LogP contribution in [0.5, 0.6) is 0 Å². The minimum Gasteiger partial charge on any atom is -0.351 e. The Bertz CT molecular complexity index is 1020. The van der Waals surface area contributed by atoms with E-state index in [1.165, 1.54) is 0 Å². The van der Waals surface area contributed by atoms with Gasteiger partial charge in [-0.2, -0.15) is 0 Å². The third-order valence-corrected chi connectivity index (χ3v) is 4.95. The van der Waals surface area contributed by atoms with Crippen LogP contribution in [0.2, 0.25) is 0 Å². The Morgan fingerprint density at radius 1 is 1.04 bits per heavy atom. The van der Waals surface area contributed by atoms with Crippen molar-refractivity contribution in [3.05, 3.63) is 54.5 Å². The van der Waals surface area contributed by atoms with E-state index >= 15 is 0 Å². The summed E-state index contributed by atoms with van der Waals surface area (Å²) in [7, 11) is 0. The normalized spacial score (nSPS) is 16.0. The number of aryl methyl sites for hydroxylation is 1. The fraction of sp³-hybridized carbons (Fsp3) is 0.333. The molecule has 0 spiro atoms. The molecule has 132 valence electrons. The number of fused-ring (bicyclic) bond motifs is 2. The maximum atomic E-state index is 4.70. The van der Waals surface area contributed by atoms with Crippen LogP contribution in [0.25, 0.3) is 11.3 Å². The molecule has 0 aliphatic carbocycles. The molecule has 0 amide bonds.